The van der Waals surface area contributed by atoms with Crippen molar-refractivity contribution in [2.75, 3.05) is 10.6 Å². The number of carbonyl (C=O) groups is 1. The van der Waals surface area contributed by atoms with E-state index in [0.717, 1.165) is 5.69 Å². The van der Waals surface area contributed by atoms with Crippen LogP contribution in [0.1, 0.15) is 10.4 Å². The molecule has 7 heteroatoms. The first-order valence-electron chi connectivity index (χ1n) is 7.81. The van der Waals surface area contributed by atoms with Crippen LogP contribution in [-0.2, 0) is 0 Å². The first kappa shape index (κ1) is 16.0. The SMILES string of the molecule is O=C(Nc1ccccc1)c1ccc(Nc2nc3sccc3c(=O)o2)cc1. The van der Waals surface area contributed by atoms with Gasteiger partial charge in [0.05, 0.1) is 5.39 Å². The molecule has 0 bridgehead atoms. The Labute approximate surface area is 152 Å². The van der Waals surface area contributed by atoms with Gasteiger partial charge in [0.1, 0.15) is 4.83 Å². The highest BCUT2D eigenvalue weighted by Crippen LogP contribution is 2.20. The number of amides is 1. The predicted octanol–water partition coefficient (Wildman–Crippen LogP) is 4.25. The highest BCUT2D eigenvalue weighted by Gasteiger charge is 2.09. The lowest BCUT2D eigenvalue weighted by atomic mass is 10.2. The molecule has 4 rings (SSSR count). The maximum Gasteiger partial charge on any atom is 0.349 e. The molecule has 0 aliphatic rings. The second-order valence-electron chi connectivity index (χ2n) is 5.47. The Morgan fingerprint density at radius 1 is 0.962 bits per heavy atom. The van der Waals surface area contributed by atoms with Crippen molar-refractivity contribution in [2.45, 2.75) is 0 Å². The van der Waals surface area contributed by atoms with Crippen molar-refractivity contribution in [3.8, 4) is 0 Å². The lowest BCUT2D eigenvalue weighted by Gasteiger charge is -2.07. The highest BCUT2D eigenvalue weighted by molar-refractivity contribution is 7.16. The number of carbonyl (C=O) groups excluding carboxylic acids is 1. The number of fused-ring (bicyclic) bond motifs is 1. The fourth-order valence-electron chi connectivity index (χ4n) is 2.41. The third kappa shape index (κ3) is 3.33. The molecule has 0 saturated heterocycles. The zero-order valence-corrected chi connectivity index (χ0v) is 14.2. The Kier molecular flexibility index (Phi) is 4.20. The van der Waals surface area contributed by atoms with Gasteiger partial charge in [-0.25, -0.2) is 4.79 Å². The van der Waals surface area contributed by atoms with Gasteiger partial charge in [0.15, 0.2) is 0 Å². The Morgan fingerprint density at radius 2 is 1.73 bits per heavy atom. The van der Waals surface area contributed by atoms with Crippen LogP contribution in [0.15, 0.2) is 75.3 Å². The van der Waals surface area contributed by atoms with Crippen molar-refractivity contribution in [3.63, 3.8) is 0 Å². The lowest BCUT2D eigenvalue weighted by molar-refractivity contribution is 0.102. The Bertz CT molecular complexity index is 1120. The summed E-state index contributed by atoms with van der Waals surface area (Å²) in [6.07, 6.45) is 0. The van der Waals surface area contributed by atoms with E-state index in [9.17, 15) is 9.59 Å². The molecule has 0 radical (unpaired) electrons. The number of nitrogens with zero attached hydrogens (tertiary/aromatic N) is 1. The summed E-state index contributed by atoms with van der Waals surface area (Å²) in [6, 6.07) is 17.8. The molecule has 26 heavy (non-hydrogen) atoms. The van der Waals surface area contributed by atoms with Crippen LogP contribution in [0, 0.1) is 0 Å². The first-order valence-corrected chi connectivity index (χ1v) is 8.69. The average molecular weight is 363 g/mol. The average Bonchev–Trinajstić information content (AvgIpc) is 3.12. The van der Waals surface area contributed by atoms with Crippen LogP contribution in [0.25, 0.3) is 10.2 Å². The number of hydrogen-bond acceptors (Lipinski definition) is 6. The van der Waals surface area contributed by atoms with Crippen molar-refractivity contribution in [3.05, 3.63) is 82.0 Å². The van der Waals surface area contributed by atoms with Crippen LogP contribution >= 0.6 is 11.3 Å². The maximum atomic E-state index is 12.2. The third-order valence-corrected chi connectivity index (χ3v) is 4.49. The number of nitrogens with one attached hydrogen (secondary N) is 2. The van der Waals surface area contributed by atoms with Crippen LogP contribution in [0.2, 0.25) is 0 Å². The quantitative estimate of drug-likeness (QED) is 0.566. The predicted molar refractivity (Wildman–Crippen MR) is 102 cm³/mol. The smallest absolute Gasteiger partial charge is 0.349 e. The molecular formula is C19H13N3O3S. The molecule has 2 aromatic carbocycles. The monoisotopic (exact) mass is 363 g/mol. The first-order chi connectivity index (χ1) is 12.7. The van der Waals surface area contributed by atoms with Crippen LogP contribution in [0.4, 0.5) is 17.4 Å². The lowest BCUT2D eigenvalue weighted by Crippen LogP contribution is -2.11. The maximum absolute atomic E-state index is 12.2. The summed E-state index contributed by atoms with van der Waals surface area (Å²) in [4.78, 5) is 29.0. The Hall–Kier alpha value is -3.45. The van der Waals surface area contributed by atoms with E-state index in [1.807, 2.05) is 30.3 Å². The Morgan fingerprint density at radius 3 is 2.50 bits per heavy atom. The molecule has 0 atom stereocenters. The molecule has 1 amide bonds. The largest absolute Gasteiger partial charge is 0.388 e. The number of rotatable bonds is 4. The topological polar surface area (TPSA) is 84.2 Å². The van der Waals surface area contributed by atoms with E-state index in [0.29, 0.717) is 21.5 Å². The van der Waals surface area contributed by atoms with Crippen molar-refractivity contribution in [1.82, 2.24) is 4.98 Å². The molecule has 2 heterocycles. The second-order valence-corrected chi connectivity index (χ2v) is 6.36. The molecule has 0 fully saturated rings. The van der Waals surface area contributed by atoms with Gasteiger partial charge < -0.3 is 15.1 Å². The minimum atomic E-state index is -0.433. The van der Waals surface area contributed by atoms with E-state index in [4.69, 9.17) is 4.42 Å². The fourth-order valence-corrected chi connectivity index (χ4v) is 3.15. The summed E-state index contributed by atoms with van der Waals surface area (Å²) in [7, 11) is 0. The molecule has 0 aliphatic heterocycles. The van der Waals surface area contributed by atoms with Gasteiger partial charge >= 0.3 is 11.6 Å². The third-order valence-electron chi connectivity index (χ3n) is 3.69. The van der Waals surface area contributed by atoms with Gasteiger partial charge in [-0.1, -0.05) is 18.2 Å². The molecule has 2 N–H and O–H groups in total. The van der Waals surface area contributed by atoms with Crippen LogP contribution in [-0.4, -0.2) is 10.9 Å². The van der Waals surface area contributed by atoms with Gasteiger partial charge in [0.2, 0.25) is 0 Å². The van der Waals surface area contributed by atoms with Crippen molar-refractivity contribution in [2.24, 2.45) is 0 Å². The number of benzene rings is 2. The molecular weight excluding hydrogens is 350 g/mol. The zero-order chi connectivity index (χ0) is 17.9. The van der Waals surface area contributed by atoms with Crippen molar-refractivity contribution >= 4 is 44.9 Å². The van der Waals surface area contributed by atoms with Gasteiger partial charge in [-0.15, -0.1) is 11.3 Å². The van der Waals surface area contributed by atoms with Crippen LogP contribution in [0.5, 0.6) is 0 Å². The van der Waals surface area contributed by atoms with Gasteiger partial charge in [0.25, 0.3) is 5.91 Å². The fraction of sp³-hybridized carbons (Fsp3) is 0. The van der Waals surface area contributed by atoms with Crippen molar-refractivity contribution in [1.29, 1.82) is 0 Å². The molecule has 0 unspecified atom stereocenters. The van der Waals surface area contributed by atoms with E-state index in [1.165, 1.54) is 11.3 Å². The van der Waals surface area contributed by atoms with Crippen LogP contribution in [0.3, 0.4) is 0 Å². The molecule has 0 saturated carbocycles. The van der Waals surface area contributed by atoms with Gasteiger partial charge in [-0.3, -0.25) is 4.79 Å². The highest BCUT2D eigenvalue weighted by atomic mass is 32.1. The number of thiophene rings is 1. The van der Waals surface area contributed by atoms with Gasteiger partial charge in [-0.05, 0) is 47.8 Å². The minimum absolute atomic E-state index is 0.117. The van der Waals surface area contributed by atoms with Gasteiger partial charge in [-0.2, -0.15) is 4.98 Å². The molecule has 2 aromatic heterocycles. The van der Waals surface area contributed by atoms with E-state index >= 15 is 0 Å². The summed E-state index contributed by atoms with van der Waals surface area (Å²) in [5.74, 6) is -0.201. The molecule has 6 nitrogen and oxygen atoms in total. The van der Waals surface area contributed by atoms with E-state index < -0.39 is 5.63 Å². The number of para-hydroxylation sites is 1. The summed E-state index contributed by atoms with van der Waals surface area (Å²) < 4.78 is 5.16. The summed E-state index contributed by atoms with van der Waals surface area (Å²) in [5, 5.41) is 8.02. The summed E-state index contributed by atoms with van der Waals surface area (Å²) >= 11 is 1.37. The Balaban J connectivity index is 1.50. The number of anilines is 3. The van der Waals surface area contributed by atoms with E-state index in [2.05, 4.69) is 15.6 Å². The molecule has 128 valence electrons. The summed E-state index contributed by atoms with van der Waals surface area (Å²) in [5.41, 5.74) is 1.47. The zero-order valence-electron chi connectivity index (χ0n) is 13.4. The number of aromatic nitrogens is 1. The summed E-state index contributed by atoms with van der Waals surface area (Å²) in [6.45, 7) is 0. The molecule has 0 spiro atoms. The second kappa shape index (κ2) is 6.81. The minimum Gasteiger partial charge on any atom is -0.388 e. The molecule has 0 aliphatic carbocycles. The number of hydrogen-bond donors (Lipinski definition) is 2. The van der Waals surface area contributed by atoms with Gasteiger partial charge in [0, 0.05) is 16.9 Å². The van der Waals surface area contributed by atoms with Crippen LogP contribution < -0.4 is 16.3 Å². The van der Waals surface area contributed by atoms with E-state index in [1.54, 1.807) is 35.7 Å². The normalized spacial score (nSPS) is 10.6. The van der Waals surface area contributed by atoms with E-state index in [-0.39, 0.29) is 11.9 Å². The molecule has 4 aromatic rings. The van der Waals surface area contributed by atoms with Crippen molar-refractivity contribution < 1.29 is 9.21 Å². The standard InChI is InChI=1S/C19H13N3O3S/c23-16(20-13-4-2-1-3-5-13)12-6-8-14(9-7-12)21-19-22-17-15(10-11-26-17)18(24)25-19/h1-11H,(H,20,23)(H,21,22).